The molecule has 0 fully saturated rings. The zero-order chi connectivity index (χ0) is 47.1. The number of ether oxygens (including phenoxy) is 2. The molecule has 8 bridgehead atoms. The second-order valence-electron chi connectivity index (χ2n) is 18.0. The molecule has 0 radical (unpaired) electrons. The smallest absolute Gasteiger partial charge is 0.657 e. The molecule has 3 aromatic rings. The van der Waals surface area contributed by atoms with Crippen LogP contribution in [-0.4, -0.2) is 70.7 Å². The third-order valence-corrected chi connectivity index (χ3v) is 13.1. The van der Waals surface area contributed by atoms with Crippen molar-refractivity contribution in [1.29, 1.82) is 0 Å². The van der Waals surface area contributed by atoms with Gasteiger partial charge in [-0.15, -0.1) is 22.1 Å². The van der Waals surface area contributed by atoms with Gasteiger partial charge in [-0.05, 0) is 129 Å². The van der Waals surface area contributed by atoms with Gasteiger partial charge in [0, 0.05) is 40.8 Å². The number of ketones is 1. The van der Waals surface area contributed by atoms with Gasteiger partial charge in [-0.2, -0.15) is 0 Å². The van der Waals surface area contributed by atoms with Gasteiger partial charge in [0.25, 0.3) is 0 Å². The normalized spacial score (nSPS) is 17.2. The summed E-state index contributed by atoms with van der Waals surface area (Å²) < 4.78 is 11.0. The number of carbonyl (C=O) groups is 4. The van der Waals surface area contributed by atoms with Gasteiger partial charge in [0.2, 0.25) is 0 Å². The van der Waals surface area contributed by atoms with Crippen LogP contribution < -0.4 is 9.97 Å². The first-order valence-electron chi connectivity index (χ1n) is 23.0. The topological polar surface area (TPSA) is 141 Å². The monoisotopic (exact) mass is 900 g/mol. The van der Waals surface area contributed by atoms with Crippen molar-refractivity contribution < 1.29 is 28.7 Å². The molecule has 3 atom stereocenters. The van der Waals surface area contributed by atoms with Gasteiger partial charge in [-0.25, -0.2) is 4.98 Å². The summed E-state index contributed by atoms with van der Waals surface area (Å²) in [5.74, 6) is -3.35. The van der Waals surface area contributed by atoms with E-state index >= 15 is 0 Å². The second kappa shape index (κ2) is 22.9. The van der Waals surface area contributed by atoms with E-state index in [-0.39, 0.29) is 53.9 Å². The molecule has 2 aliphatic heterocycles. The van der Waals surface area contributed by atoms with Gasteiger partial charge in [0.15, 0.2) is 12.1 Å². The number of aromatic nitrogens is 4. The van der Waals surface area contributed by atoms with E-state index in [1.807, 2.05) is 39.0 Å². The summed E-state index contributed by atoms with van der Waals surface area (Å²) in [5.41, 5.74) is 13.9. The van der Waals surface area contributed by atoms with Crippen molar-refractivity contribution >= 4 is 86.3 Å². The molecule has 3 aromatic heterocycles. The maximum Gasteiger partial charge on any atom is 2.00 e. The molecule has 1 aliphatic carbocycles. The number of nitrogens with zero attached hydrogens (tertiary/aromatic N) is 4. The van der Waals surface area contributed by atoms with Crippen LogP contribution in [0.15, 0.2) is 71.4 Å². The fourth-order valence-corrected chi connectivity index (χ4v) is 9.21. The minimum Gasteiger partial charge on any atom is -0.657 e. The van der Waals surface area contributed by atoms with Crippen molar-refractivity contribution in [3.05, 3.63) is 122 Å². The van der Waals surface area contributed by atoms with Crippen LogP contribution >= 0.6 is 0 Å². The van der Waals surface area contributed by atoms with Gasteiger partial charge in [-0.3, -0.25) is 24.2 Å². The first kappa shape index (κ1) is 51.6. The molecule has 0 aromatic carbocycles. The second-order valence-corrected chi connectivity index (χ2v) is 18.0. The average Bonchev–Trinajstić information content (AvgIpc) is 4.02. The number of allylic oxidation sites excluding steroid dienone is 9. The van der Waals surface area contributed by atoms with Gasteiger partial charge in [-0.1, -0.05) is 90.3 Å². The molecule has 0 saturated heterocycles. The van der Waals surface area contributed by atoms with Crippen LogP contribution in [-0.2, 0) is 23.9 Å². The van der Waals surface area contributed by atoms with E-state index in [1.165, 1.54) is 23.8 Å². The van der Waals surface area contributed by atoms with E-state index < -0.39 is 17.7 Å². The Balaban J connectivity index is 0.00000817. The standard InChI is InChI=1S/C55H65N4O6.Mg/c1-12-38-35(8)42-27-43-36(9)40(23-24-48(61)65-26-25-34(7)22-16-21-33(6)20-15-19-32(5)18-14-17-31(3)4)52(58-43)50-51(55(63)64-11)54(62)49-37(10)44(59-53(49)50)28-46-39(13-2)41(30-60)47(57-46)29-45(38)56-42;/h12,17,19,21,25,27-30,36,40,51H,1,13-16,18,20,22-24,26H2,2-11H3,(H-,56,57,58,59,60,62);/q-1;+2/p-1/b32-19+,33-21+,34-25+;/t36-,40-,51+;/m0./s1. The van der Waals surface area contributed by atoms with Crippen molar-refractivity contribution in [2.45, 2.75) is 138 Å². The molecule has 5 heterocycles. The molecule has 0 saturated carbocycles. The number of Topliss-reactive ketones (excluding diaryl/α,β-unsaturated/α-hetero) is 1. The van der Waals surface area contributed by atoms with E-state index in [0.717, 1.165) is 67.1 Å². The molecule has 6 rings (SSSR count). The Morgan fingerprint density at radius 3 is 2.05 bits per heavy atom. The molecular weight excluding hydrogens is 837 g/mol. The predicted octanol–water partition coefficient (Wildman–Crippen LogP) is 11.8. The summed E-state index contributed by atoms with van der Waals surface area (Å²) in [7, 11) is 1.26. The number of esters is 2. The maximum atomic E-state index is 14.4. The number of hydrogen-bond acceptors (Lipinski definition) is 8. The molecule has 66 heavy (non-hydrogen) atoms. The van der Waals surface area contributed by atoms with Crippen LogP contribution in [0.25, 0.3) is 39.3 Å². The fraction of sp³-hybridized carbons (Fsp3) is 0.418. The van der Waals surface area contributed by atoms with Crippen molar-refractivity contribution in [2.24, 2.45) is 0 Å². The van der Waals surface area contributed by atoms with Gasteiger partial charge < -0.3 is 19.4 Å². The van der Waals surface area contributed by atoms with Gasteiger partial charge in [0.05, 0.1) is 18.5 Å². The van der Waals surface area contributed by atoms with Crippen LogP contribution in [0, 0.1) is 13.8 Å². The Morgan fingerprint density at radius 2 is 1.44 bits per heavy atom. The zero-order valence-corrected chi connectivity index (χ0v) is 42.1. The van der Waals surface area contributed by atoms with Gasteiger partial charge in [0.1, 0.15) is 12.5 Å². The summed E-state index contributed by atoms with van der Waals surface area (Å²) >= 11 is 0. The van der Waals surface area contributed by atoms with Crippen LogP contribution in [0.3, 0.4) is 0 Å². The molecule has 342 valence electrons. The van der Waals surface area contributed by atoms with Crippen molar-refractivity contribution in [2.75, 3.05) is 13.7 Å². The maximum absolute atomic E-state index is 14.4. The molecule has 0 spiro atoms. The van der Waals surface area contributed by atoms with E-state index in [1.54, 1.807) is 19.1 Å². The van der Waals surface area contributed by atoms with Crippen LogP contribution in [0.1, 0.15) is 179 Å². The van der Waals surface area contributed by atoms with E-state index in [0.29, 0.717) is 79.9 Å². The third kappa shape index (κ3) is 11.2. The van der Waals surface area contributed by atoms with Crippen LogP contribution in [0.4, 0.5) is 0 Å². The minimum absolute atomic E-state index is 0. The molecule has 3 aliphatic rings. The number of carbonyl (C=O) groups excluding carboxylic acids is 4. The van der Waals surface area contributed by atoms with Crippen LogP contribution in [0.5, 0.6) is 0 Å². The fourth-order valence-electron chi connectivity index (χ4n) is 9.21. The third-order valence-electron chi connectivity index (χ3n) is 13.1. The minimum atomic E-state index is -1.27. The first-order chi connectivity index (χ1) is 31.1. The van der Waals surface area contributed by atoms with Crippen LogP contribution in [0.2, 0.25) is 0 Å². The summed E-state index contributed by atoms with van der Waals surface area (Å²) in [5, 5.41) is 0. The van der Waals surface area contributed by atoms with E-state index in [4.69, 9.17) is 29.4 Å². The Labute approximate surface area is 406 Å². The Kier molecular flexibility index (Phi) is 17.9. The number of methoxy groups -OCH3 is 1. The first-order valence-corrected chi connectivity index (χ1v) is 23.0. The number of fused-ring (bicyclic) bond motifs is 8. The number of hydrogen-bond donors (Lipinski definition) is 0. The predicted molar refractivity (Wildman–Crippen MR) is 266 cm³/mol. The summed E-state index contributed by atoms with van der Waals surface area (Å²) in [6, 6.07) is 5.53. The zero-order valence-electron chi connectivity index (χ0n) is 40.7. The Hall–Kier alpha value is -5.39. The van der Waals surface area contributed by atoms with Crippen molar-refractivity contribution in [3.63, 3.8) is 0 Å². The summed E-state index contributed by atoms with van der Waals surface area (Å²) in [4.78, 5) is 74.0. The molecule has 11 heteroatoms. The number of rotatable bonds is 18. The molecule has 10 nitrogen and oxygen atoms in total. The Morgan fingerprint density at radius 1 is 0.818 bits per heavy atom. The summed E-state index contributed by atoms with van der Waals surface area (Å²) in [6.45, 7) is 22.7. The SMILES string of the molecule is C=Cc1c(C)c2cc3nc(c4c5[n-]c(cc6nc(cc1[n-]2)C(C=O)=C6CC)c(C)c5C(=O)[C@@H]4C(=O)OC)[C@@H](CCC(=O)OC/C=C(\C)CC/C=C(\C)CC/C=C(\C)CCC=C(C)C)[C@@H]3C.[Mg+2]. The Bertz CT molecular complexity index is 2740. The quantitative estimate of drug-likeness (QED) is 0.0398. The number of aryl methyl sites for hydroxylation is 2. The van der Waals surface area contributed by atoms with E-state index in [2.05, 4.69) is 59.4 Å². The number of aldehydes is 1. The largest absolute Gasteiger partial charge is 2.00 e. The van der Waals surface area contributed by atoms with E-state index in [9.17, 15) is 19.2 Å². The average molecular weight is 901 g/mol. The molecule has 0 N–H and O–H groups in total. The van der Waals surface area contributed by atoms with Crippen molar-refractivity contribution in [3.8, 4) is 0 Å². The summed E-state index contributed by atoms with van der Waals surface area (Å²) in [6.07, 6.45) is 18.6. The molecule has 0 amide bonds. The van der Waals surface area contributed by atoms with Crippen molar-refractivity contribution in [1.82, 2.24) is 19.9 Å². The molecular formula is C55H64MgN4O6. The van der Waals surface area contributed by atoms with Gasteiger partial charge >= 0.3 is 35.0 Å². The molecule has 0 unspecified atom stereocenters.